The van der Waals surface area contributed by atoms with Crippen molar-refractivity contribution in [2.75, 3.05) is 7.05 Å². The molecule has 1 N–H and O–H groups in total. The highest BCUT2D eigenvalue weighted by atomic mass is 19.1. The number of benzene rings is 1. The van der Waals surface area contributed by atoms with E-state index in [1.807, 2.05) is 6.07 Å². The lowest BCUT2D eigenvalue weighted by Crippen LogP contribution is -2.36. The van der Waals surface area contributed by atoms with Crippen molar-refractivity contribution in [1.29, 1.82) is 0 Å². The van der Waals surface area contributed by atoms with Crippen LogP contribution in [0.4, 0.5) is 4.39 Å². The van der Waals surface area contributed by atoms with Crippen LogP contribution >= 0.6 is 0 Å². The molecule has 0 radical (unpaired) electrons. The molecule has 0 amide bonds. The summed E-state index contributed by atoms with van der Waals surface area (Å²) in [6.45, 7) is 0. The van der Waals surface area contributed by atoms with Crippen molar-refractivity contribution in [3.05, 3.63) is 35.6 Å². The first-order valence-corrected chi connectivity index (χ1v) is 6.71. The summed E-state index contributed by atoms with van der Waals surface area (Å²) in [5, 5.41) is 3.43. The highest BCUT2D eigenvalue weighted by Crippen LogP contribution is 2.28. The lowest BCUT2D eigenvalue weighted by molar-refractivity contribution is 0.260. The second kappa shape index (κ2) is 6.15. The van der Waals surface area contributed by atoms with E-state index in [0.717, 1.165) is 17.9 Å². The number of hydrogen-bond donors (Lipinski definition) is 1. The van der Waals surface area contributed by atoms with Gasteiger partial charge in [-0.3, -0.25) is 0 Å². The van der Waals surface area contributed by atoms with Gasteiger partial charge in [0, 0.05) is 6.04 Å². The Bertz CT molecular complexity index is 351. The molecule has 2 unspecified atom stereocenters. The normalized spacial score (nSPS) is 24.8. The van der Waals surface area contributed by atoms with Crippen molar-refractivity contribution in [2.24, 2.45) is 5.92 Å². The predicted molar refractivity (Wildman–Crippen MR) is 69.5 cm³/mol. The van der Waals surface area contributed by atoms with Crippen LogP contribution in [-0.2, 0) is 6.42 Å². The summed E-state index contributed by atoms with van der Waals surface area (Å²) in [5.41, 5.74) is 1.13. The maximum Gasteiger partial charge on any atom is 0.123 e. The second-order valence-corrected chi connectivity index (χ2v) is 5.11. The Morgan fingerprint density at radius 1 is 1.29 bits per heavy atom. The number of halogens is 1. The van der Waals surface area contributed by atoms with E-state index in [2.05, 4.69) is 12.4 Å². The summed E-state index contributed by atoms with van der Waals surface area (Å²) in [5.74, 6) is 0.647. The van der Waals surface area contributed by atoms with E-state index in [4.69, 9.17) is 0 Å². The van der Waals surface area contributed by atoms with Crippen LogP contribution in [0, 0.1) is 11.7 Å². The molecule has 1 saturated carbocycles. The highest BCUT2D eigenvalue weighted by Gasteiger charge is 2.23. The fraction of sp³-hybridized carbons (Fsp3) is 0.600. The van der Waals surface area contributed by atoms with Gasteiger partial charge in [0.25, 0.3) is 0 Å². The molecular formula is C15H22FN. The minimum atomic E-state index is -0.115. The first-order valence-electron chi connectivity index (χ1n) is 6.71. The van der Waals surface area contributed by atoms with Crippen LogP contribution in [0.5, 0.6) is 0 Å². The van der Waals surface area contributed by atoms with Crippen molar-refractivity contribution in [3.63, 3.8) is 0 Å². The fourth-order valence-corrected chi connectivity index (χ4v) is 2.98. The Morgan fingerprint density at radius 3 is 2.88 bits per heavy atom. The van der Waals surface area contributed by atoms with E-state index in [1.54, 1.807) is 12.1 Å². The van der Waals surface area contributed by atoms with E-state index >= 15 is 0 Å². The topological polar surface area (TPSA) is 12.0 Å². The smallest absolute Gasteiger partial charge is 0.123 e. The molecule has 0 heterocycles. The van der Waals surface area contributed by atoms with Gasteiger partial charge in [0.05, 0.1) is 0 Å². The SMILES string of the molecule is CNC1CCCCC1CCc1cccc(F)c1. The van der Waals surface area contributed by atoms with Gasteiger partial charge in [-0.15, -0.1) is 0 Å². The van der Waals surface area contributed by atoms with Crippen molar-refractivity contribution in [1.82, 2.24) is 5.32 Å². The zero-order valence-electron chi connectivity index (χ0n) is 10.6. The van der Waals surface area contributed by atoms with Gasteiger partial charge < -0.3 is 5.32 Å². The molecule has 2 atom stereocenters. The quantitative estimate of drug-likeness (QED) is 0.841. The van der Waals surface area contributed by atoms with Gasteiger partial charge in [-0.2, -0.15) is 0 Å². The molecular weight excluding hydrogens is 213 g/mol. The van der Waals surface area contributed by atoms with Crippen LogP contribution in [0.1, 0.15) is 37.7 Å². The Balaban J connectivity index is 1.88. The van der Waals surface area contributed by atoms with Gasteiger partial charge in [-0.25, -0.2) is 4.39 Å². The summed E-state index contributed by atoms with van der Waals surface area (Å²) in [6.07, 6.45) is 7.49. The number of hydrogen-bond acceptors (Lipinski definition) is 1. The van der Waals surface area contributed by atoms with Crippen LogP contribution in [0.2, 0.25) is 0 Å². The van der Waals surface area contributed by atoms with Gasteiger partial charge in [0.2, 0.25) is 0 Å². The average molecular weight is 235 g/mol. The zero-order valence-corrected chi connectivity index (χ0v) is 10.6. The van der Waals surface area contributed by atoms with Crippen LogP contribution in [-0.4, -0.2) is 13.1 Å². The van der Waals surface area contributed by atoms with Crippen molar-refractivity contribution >= 4 is 0 Å². The third-order valence-electron chi connectivity index (χ3n) is 3.97. The molecule has 2 heteroatoms. The first kappa shape index (κ1) is 12.6. The number of nitrogens with one attached hydrogen (secondary N) is 1. The first-order chi connectivity index (χ1) is 8.29. The third-order valence-corrected chi connectivity index (χ3v) is 3.97. The fourth-order valence-electron chi connectivity index (χ4n) is 2.98. The Kier molecular flexibility index (Phi) is 4.55. The highest BCUT2D eigenvalue weighted by molar-refractivity contribution is 5.16. The van der Waals surface area contributed by atoms with Crippen molar-refractivity contribution < 1.29 is 4.39 Å². The molecule has 1 aromatic rings. The molecule has 1 nitrogen and oxygen atoms in total. The monoisotopic (exact) mass is 235 g/mol. The second-order valence-electron chi connectivity index (χ2n) is 5.11. The van der Waals surface area contributed by atoms with Gasteiger partial charge in [0.1, 0.15) is 5.82 Å². The molecule has 17 heavy (non-hydrogen) atoms. The predicted octanol–water partition coefficient (Wildman–Crippen LogP) is 3.54. The number of aryl methyl sites for hydroxylation is 1. The molecule has 0 aromatic heterocycles. The van der Waals surface area contributed by atoms with Crippen LogP contribution < -0.4 is 5.32 Å². The summed E-state index contributed by atoms with van der Waals surface area (Å²) in [7, 11) is 2.06. The summed E-state index contributed by atoms with van der Waals surface area (Å²) in [4.78, 5) is 0. The molecule has 1 aliphatic rings. The van der Waals surface area contributed by atoms with Gasteiger partial charge in [-0.05, 0) is 56.3 Å². The average Bonchev–Trinajstić information content (AvgIpc) is 2.37. The van der Waals surface area contributed by atoms with Gasteiger partial charge in [0.15, 0.2) is 0 Å². The lowest BCUT2D eigenvalue weighted by Gasteiger charge is -2.31. The lowest BCUT2D eigenvalue weighted by atomic mass is 9.81. The van der Waals surface area contributed by atoms with Crippen molar-refractivity contribution in [2.45, 2.75) is 44.6 Å². The molecule has 0 saturated heterocycles. The van der Waals surface area contributed by atoms with E-state index in [9.17, 15) is 4.39 Å². The van der Waals surface area contributed by atoms with E-state index in [0.29, 0.717) is 6.04 Å². The molecule has 2 rings (SSSR count). The van der Waals surface area contributed by atoms with E-state index in [-0.39, 0.29) is 5.82 Å². The summed E-state index contributed by atoms with van der Waals surface area (Å²) >= 11 is 0. The summed E-state index contributed by atoms with van der Waals surface area (Å²) < 4.78 is 13.1. The zero-order chi connectivity index (χ0) is 12.1. The molecule has 0 aliphatic heterocycles. The minimum Gasteiger partial charge on any atom is -0.317 e. The molecule has 94 valence electrons. The number of rotatable bonds is 4. The third kappa shape index (κ3) is 3.53. The maximum absolute atomic E-state index is 13.1. The van der Waals surface area contributed by atoms with Crippen LogP contribution in [0.25, 0.3) is 0 Å². The largest absolute Gasteiger partial charge is 0.317 e. The Hall–Kier alpha value is -0.890. The molecule has 1 aliphatic carbocycles. The van der Waals surface area contributed by atoms with Crippen LogP contribution in [0.3, 0.4) is 0 Å². The molecule has 1 fully saturated rings. The standard InChI is InChI=1S/C15H22FN/c1-17-15-8-3-2-6-13(15)10-9-12-5-4-7-14(16)11-12/h4-5,7,11,13,15,17H,2-3,6,8-10H2,1H3. The van der Waals surface area contributed by atoms with Crippen molar-refractivity contribution in [3.8, 4) is 0 Å². The maximum atomic E-state index is 13.1. The minimum absolute atomic E-state index is 0.115. The Labute approximate surface area is 103 Å². The van der Waals surface area contributed by atoms with Gasteiger partial charge in [-0.1, -0.05) is 25.0 Å². The van der Waals surface area contributed by atoms with E-state index < -0.39 is 0 Å². The van der Waals surface area contributed by atoms with E-state index in [1.165, 1.54) is 38.2 Å². The molecule has 0 spiro atoms. The molecule has 1 aromatic carbocycles. The van der Waals surface area contributed by atoms with Crippen LogP contribution in [0.15, 0.2) is 24.3 Å². The Morgan fingerprint density at radius 2 is 2.12 bits per heavy atom. The van der Waals surface area contributed by atoms with Gasteiger partial charge >= 0.3 is 0 Å². The summed E-state index contributed by atoms with van der Waals surface area (Å²) in [6, 6.07) is 7.68. The molecule has 0 bridgehead atoms.